The van der Waals surface area contributed by atoms with Crippen molar-refractivity contribution in [1.29, 1.82) is 0 Å². The zero-order chi connectivity index (χ0) is 13.4. The first kappa shape index (κ1) is 12.7. The first-order valence-electron chi connectivity index (χ1n) is 7.19. The molecule has 1 N–H and O–H groups in total. The third-order valence-corrected chi connectivity index (χ3v) is 4.82. The van der Waals surface area contributed by atoms with Crippen molar-refractivity contribution in [2.45, 2.75) is 20.4 Å². The molecule has 2 fully saturated rings. The lowest BCUT2D eigenvalue weighted by Crippen LogP contribution is -2.46. The monoisotopic (exact) mass is 258 g/mol. The summed E-state index contributed by atoms with van der Waals surface area (Å²) >= 11 is 0. The second-order valence-corrected chi connectivity index (χ2v) is 6.08. The molecule has 3 nitrogen and oxygen atoms in total. The van der Waals surface area contributed by atoms with Crippen molar-refractivity contribution in [1.82, 2.24) is 10.2 Å². The lowest BCUT2D eigenvalue weighted by atomic mass is 9.81. The Morgan fingerprint density at radius 2 is 2.11 bits per heavy atom. The van der Waals surface area contributed by atoms with Crippen LogP contribution in [0.2, 0.25) is 0 Å². The van der Waals surface area contributed by atoms with E-state index in [1.807, 2.05) is 0 Å². The van der Waals surface area contributed by atoms with Gasteiger partial charge < -0.3 is 5.32 Å². The topological polar surface area (TPSA) is 32.3 Å². The van der Waals surface area contributed by atoms with Crippen LogP contribution >= 0.6 is 0 Å². The molecule has 1 aromatic rings. The highest BCUT2D eigenvalue weighted by Crippen LogP contribution is 2.33. The van der Waals surface area contributed by atoms with Crippen LogP contribution in [0.1, 0.15) is 18.1 Å². The maximum Gasteiger partial charge on any atom is 0.223 e. The van der Waals surface area contributed by atoms with Gasteiger partial charge in [0.1, 0.15) is 0 Å². The molecular weight excluding hydrogens is 236 g/mol. The first-order chi connectivity index (χ1) is 9.15. The van der Waals surface area contributed by atoms with Gasteiger partial charge in [0.05, 0.1) is 0 Å². The smallest absolute Gasteiger partial charge is 0.223 e. The maximum atomic E-state index is 11.7. The molecule has 0 saturated carbocycles. The minimum absolute atomic E-state index is 0.167. The van der Waals surface area contributed by atoms with Crippen molar-refractivity contribution in [3.8, 4) is 0 Å². The SMILES string of the molecule is Cc1ccccc1CN1C[C@@H]2CNC(=O)[C@H](C)[C@@H]2C1. The molecule has 0 bridgehead atoms. The van der Waals surface area contributed by atoms with Crippen LogP contribution in [0.25, 0.3) is 0 Å². The van der Waals surface area contributed by atoms with Crippen LogP contribution in [0.3, 0.4) is 0 Å². The Labute approximate surface area is 115 Å². The number of hydrogen-bond donors (Lipinski definition) is 1. The van der Waals surface area contributed by atoms with E-state index in [9.17, 15) is 4.79 Å². The number of likely N-dealkylation sites (tertiary alicyclic amines) is 1. The number of benzene rings is 1. The van der Waals surface area contributed by atoms with Gasteiger partial charge in [-0.2, -0.15) is 0 Å². The van der Waals surface area contributed by atoms with Gasteiger partial charge in [0.15, 0.2) is 0 Å². The molecule has 0 spiro atoms. The van der Waals surface area contributed by atoms with E-state index in [0.29, 0.717) is 11.8 Å². The van der Waals surface area contributed by atoms with Crippen molar-refractivity contribution in [3.63, 3.8) is 0 Å². The quantitative estimate of drug-likeness (QED) is 0.877. The molecule has 3 heteroatoms. The normalized spacial score (nSPS) is 31.1. The van der Waals surface area contributed by atoms with E-state index in [1.54, 1.807) is 0 Å². The Morgan fingerprint density at radius 1 is 1.32 bits per heavy atom. The molecule has 2 heterocycles. The van der Waals surface area contributed by atoms with Gasteiger partial charge >= 0.3 is 0 Å². The van der Waals surface area contributed by atoms with Crippen LogP contribution in [-0.2, 0) is 11.3 Å². The summed E-state index contributed by atoms with van der Waals surface area (Å²) in [5.74, 6) is 1.58. The van der Waals surface area contributed by atoms with Crippen molar-refractivity contribution in [2.24, 2.45) is 17.8 Å². The fourth-order valence-corrected chi connectivity index (χ4v) is 3.52. The molecule has 0 aliphatic carbocycles. The minimum atomic E-state index is 0.167. The fourth-order valence-electron chi connectivity index (χ4n) is 3.52. The van der Waals surface area contributed by atoms with Gasteiger partial charge in [-0.25, -0.2) is 0 Å². The Kier molecular flexibility index (Phi) is 3.31. The van der Waals surface area contributed by atoms with Gasteiger partial charge in [-0.1, -0.05) is 31.2 Å². The summed E-state index contributed by atoms with van der Waals surface area (Å²) in [6, 6.07) is 8.59. The molecule has 19 heavy (non-hydrogen) atoms. The van der Waals surface area contributed by atoms with Gasteiger partial charge in [-0.3, -0.25) is 9.69 Å². The van der Waals surface area contributed by atoms with E-state index in [0.717, 1.165) is 26.2 Å². The largest absolute Gasteiger partial charge is 0.356 e. The molecule has 0 aromatic heterocycles. The highest BCUT2D eigenvalue weighted by Gasteiger charge is 2.41. The number of hydrogen-bond acceptors (Lipinski definition) is 2. The maximum absolute atomic E-state index is 11.7. The molecule has 102 valence electrons. The fraction of sp³-hybridized carbons (Fsp3) is 0.562. The molecule has 1 amide bonds. The molecule has 2 aliphatic heterocycles. The van der Waals surface area contributed by atoms with Crippen LogP contribution in [0.4, 0.5) is 0 Å². The van der Waals surface area contributed by atoms with E-state index in [4.69, 9.17) is 0 Å². The summed E-state index contributed by atoms with van der Waals surface area (Å²) in [4.78, 5) is 14.2. The molecule has 2 saturated heterocycles. The van der Waals surface area contributed by atoms with E-state index in [2.05, 4.69) is 48.3 Å². The zero-order valence-corrected chi connectivity index (χ0v) is 11.7. The highest BCUT2D eigenvalue weighted by atomic mass is 16.1. The van der Waals surface area contributed by atoms with Crippen LogP contribution in [0, 0.1) is 24.7 Å². The van der Waals surface area contributed by atoms with Crippen molar-refractivity contribution < 1.29 is 4.79 Å². The Morgan fingerprint density at radius 3 is 2.89 bits per heavy atom. The molecular formula is C16H22N2O. The lowest BCUT2D eigenvalue weighted by molar-refractivity contribution is -0.128. The van der Waals surface area contributed by atoms with Gasteiger partial charge in [0, 0.05) is 32.1 Å². The average Bonchev–Trinajstić information content (AvgIpc) is 2.80. The summed E-state index contributed by atoms with van der Waals surface area (Å²) in [7, 11) is 0. The number of fused-ring (bicyclic) bond motifs is 1. The summed E-state index contributed by atoms with van der Waals surface area (Å²) in [5.41, 5.74) is 2.77. The highest BCUT2D eigenvalue weighted by molar-refractivity contribution is 5.79. The summed E-state index contributed by atoms with van der Waals surface area (Å²) in [5, 5.41) is 3.03. The Bertz CT molecular complexity index is 485. The Balaban J connectivity index is 1.69. The van der Waals surface area contributed by atoms with Crippen LogP contribution in [0.5, 0.6) is 0 Å². The number of amides is 1. The van der Waals surface area contributed by atoms with Gasteiger partial charge in [0.2, 0.25) is 5.91 Å². The number of piperidine rings is 1. The molecule has 3 atom stereocenters. The van der Waals surface area contributed by atoms with Crippen LogP contribution in [0.15, 0.2) is 24.3 Å². The summed E-state index contributed by atoms with van der Waals surface area (Å²) in [6.45, 7) is 8.30. The second-order valence-electron chi connectivity index (χ2n) is 6.08. The predicted octanol–water partition coefficient (Wildman–Crippen LogP) is 1.81. The number of carbonyl (C=O) groups excluding carboxylic acids is 1. The predicted molar refractivity (Wildman–Crippen MR) is 75.6 cm³/mol. The zero-order valence-electron chi connectivity index (χ0n) is 11.7. The van der Waals surface area contributed by atoms with Crippen molar-refractivity contribution in [3.05, 3.63) is 35.4 Å². The van der Waals surface area contributed by atoms with Crippen LogP contribution < -0.4 is 5.32 Å². The Hall–Kier alpha value is -1.35. The van der Waals surface area contributed by atoms with E-state index in [-0.39, 0.29) is 11.8 Å². The van der Waals surface area contributed by atoms with Crippen molar-refractivity contribution in [2.75, 3.05) is 19.6 Å². The van der Waals surface area contributed by atoms with E-state index < -0.39 is 0 Å². The van der Waals surface area contributed by atoms with Crippen LogP contribution in [-0.4, -0.2) is 30.4 Å². The standard InChI is InChI=1S/C16H22N2O/c1-11-5-3-4-6-13(11)8-18-9-14-7-17-16(19)12(2)15(14)10-18/h3-6,12,14-15H,7-10H2,1-2H3,(H,17,19)/t12-,14+,15+/m1/s1. The van der Waals surface area contributed by atoms with E-state index in [1.165, 1.54) is 11.1 Å². The third kappa shape index (κ3) is 2.39. The number of nitrogens with zero attached hydrogens (tertiary/aromatic N) is 1. The average molecular weight is 258 g/mol. The summed E-state index contributed by atoms with van der Waals surface area (Å²) in [6.07, 6.45) is 0. The molecule has 2 aliphatic rings. The minimum Gasteiger partial charge on any atom is -0.356 e. The number of carbonyl (C=O) groups is 1. The summed E-state index contributed by atoms with van der Waals surface area (Å²) < 4.78 is 0. The number of nitrogens with one attached hydrogen (secondary N) is 1. The van der Waals surface area contributed by atoms with Gasteiger partial charge in [-0.05, 0) is 29.9 Å². The van der Waals surface area contributed by atoms with E-state index >= 15 is 0 Å². The van der Waals surface area contributed by atoms with Gasteiger partial charge in [0.25, 0.3) is 0 Å². The number of rotatable bonds is 2. The molecule has 1 aromatic carbocycles. The lowest BCUT2D eigenvalue weighted by Gasteiger charge is -2.30. The third-order valence-electron chi connectivity index (χ3n) is 4.82. The second kappa shape index (κ2) is 4.97. The first-order valence-corrected chi connectivity index (χ1v) is 7.19. The molecule has 0 unspecified atom stereocenters. The van der Waals surface area contributed by atoms with Crippen molar-refractivity contribution >= 4 is 5.91 Å². The van der Waals surface area contributed by atoms with Gasteiger partial charge in [-0.15, -0.1) is 0 Å². The molecule has 3 rings (SSSR count). The number of aryl methyl sites for hydroxylation is 1. The molecule has 0 radical (unpaired) electrons.